The van der Waals surface area contributed by atoms with E-state index in [9.17, 15) is 9.59 Å². The number of nitrogens with one attached hydrogen (secondary N) is 1. The summed E-state index contributed by atoms with van der Waals surface area (Å²) < 4.78 is 0. The molecule has 7 heteroatoms. The molecule has 1 aromatic rings. The minimum absolute atomic E-state index is 0.146. The van der Waals surface area contributed by atoms with Gasteiger partial charge in [0.05, 0.1) is 0 Å². The van der Waals surface area contributed by atoms with E-state index in [-0.39, 0.29) is 17.6 Å². The number of hydrogen-bond acceptors (Lipinski definition) is 4. The van der Waals surface area contributed by atoms with Crippen LogP contribution in [0.2, 0.25) is 0 Å². The number of rotatable bonds is 4. The van der Waals surface area contributed by atoms with Crippen LogP contribution in [-0.2, 0) is 11.2 Å². The van der Waals surface area contributed by atoms with Crippen LogP contribution in [0, 0.1) is 0 Å². The molecular weight excluding hydrogens is 270 g/mol. The van der Waals surface area contributed by atoms with Gasteiger partial charge in [-0.15, -0.1) is 5.10 Å². The summed E-state index contributed by atoms with van der Waals surface area (Å²) in [6.07, 6.45) is 3.05. The van der Waals surface area contributed by atoms with Gasteiger partial charge in [-0.2, -0.15) is 0 Å². The maximum Gasteiger partial charge on any atom is 0.293 e. The van der Waals surface area contributed by atoms with Crippen molar-refractivity contribution in [2.45, 2.75) is 39.5 Å². The molecule has 1 saturated heterocycles. The van der Waals surface area contributed by atoms with Crippen molar-refractivity contribution < 1.29 is 9.59 Å². The Labute approximate surface area is 124 Å². The number of carbonyl (C=O) groups is 2. The molecule has 0 atom stereocenters. The number of aromatic nitrogens is 3. The van der Waals surface area contributed by atoms with Crippen LogP contribution in [0.15, 0.2) is 0 Å². The topological polar surface area (TPSA) is 82.2 Å². The zero-order valence-electron chi connectivity index (χ0n) is 12.8. The lowest BCUT2D eigenvalue weighted by molar-refractivity contribution is -0.130. The molecule has 21 heavy (non-hydrogen) atoms. The van der Waals surface area contributed by atoms with Gasteiger partial charge in [-0.05, 0) is 12.8 Å². The van der Waals surface area contributed by atoms with Gasteiger partial charge in [0.15, 0.2) is 0 Å². The van der Waals surface area contributed by atoms with Crippen molar-refractivity contribution in [3.63, 3.8) is 0 Å². The van der Waals surface area contributed by atoms with E-state index in [1.165, 1.54) is 0 Å². The molecule has 1 N–H and O–H groups in total. The van der Waals surface area contributed by atoms with Gasteiger partial charge >= 0.3 is 0 Å². The predicted molar refractivity (Wildman–Crippen MR) is 77.8 cm³/mol. The summed E-state index contributed by atoms with van der Waals surface area (Å²) in [5.74, 6) is 0.971. The molecule has 0 spiro atoms. The van der Waals surface area contributed by atoms with E-state index >= 15 is 0 Å². The minimum Gasteiger partial charge on any atom is -0.341 e. The molecule has 116 valence electrons. The highest BCUT2D eigenvalue weighted by atomic mass is 16.2. The van der Waals surface area contributed by atoms with Gasteiger partial charge in [-0.3, -0.25) is 14.7 Å². The van der Waals surface area contributed by atoms with Crippen LogP contribution >= 0.6 is 0 Å². The second kappa shape index (κ2) is 7.19. The van der Waals surface area contributed by atoms with Crippen LogP contribution in [0.5, 0.6) is 0 Å². The summed E-state index contributed by atoms with van der Waals surface area (Å²) in [6, 6.07) is 0. The molecule has 2 rings (SSSR count). The third-order valence-corrected chi connectivity index (χ3v) is 3.65. The Balaban J connectivity index is 1.97. The van der Waals surface area contributed by atoms with Gasteiger partial charge in [0.2, 0.25) is 11.7 Å². The number of hydrogen-bond donors (Lipinski definition) is 1. The Morgan fingerprint density at radius 3 is 2.57 bits per heavy atom. The smallest absolute Gasteiger partial charge is 0.293 e. The van der Waals surface area contributed by atoms with Gasteiger partial charge < -0.3 is 9.80 Å². The molecule has 2 amide bonds. The van der Waals surface area contributed by atoms with Crippen molar-refractivity contribution in [3.05, 3.63) is 11.6 Å². The Kier molecular flexibility index (Phi) is 5.30. The van der Waals surface area contributed by atoms with E-state index in [1.54, 1.807) is 4.90 Å². The number of nitrogens with zero attached hydrogens (tertiary/aromatic N) is 4. The lowest BCUT2D eigenvalue weighted by atomic mass is 10.3. The first-order valence-electron chi connectivity index (χ1n) is 7.64. The fraction of sp³-hybridized carbons (Fsp3) is 0.714. The number of H-pyrrole nitrogens is 1. The number of aromatic amines is 1. The molecule has 0 aromatic carbocycles. The highest BCUT2D eigenvalue weighted by Crippen LogP contribution is 2.08. The van der Waals surface area contributed by atoms with Crippen molar-refractivity contribution in [2.24, 2.45) is 0 Å². The number of amides is 2. The van der Waals surface area contributed by atoms with Gasteiger partial charge in [-0.25, -0.2) is 4.98 Å². The van der Waals surface area contributed by atoms with Gasteiger partial charge in [0, 0.05) is 39.0 Å². The first kappa shape index (κ1) is 15.5. The molecular formula is C14H23N5O2. The number of carbonyl (C=O) groups excluding carboxylic acids is 2. The van der Waals surface area contributed by atoms with Crippen molar-refractivity contribution in [2.75, 3.05) is 26.2 Å². The van der Waals surface area contributed by atoms with E-state index in [4.69, 9.17) is 0 Å². The fourth-order valence-electron chi connectivity index (χ4n) is 2.47. The van der Waals surface area contributed by atoms with Crippen LogP contribution in [-0.4, -0.2) is 63.0 Å². The van der Waals surface area contributed by atoms with Crippen LogP contribution < -0.4 is 0 Å². The van der Waals surface area contributed by atoms with Gasteiger partial charge in [0.25, 0.3) is 5.91 Å². The number of aryl methyl sites for hydroxylation is 1. The Hall–Kier alpha value is -1.92. The van der Waals surface area contributed by atoms with Crippen molar-refractivity contribution >= 4 is 11.8 Å². The summed E-state index contributed by atoms with van der Waals surface area (Å²) in [7, 11) is 0. The van der Waals surface area contributed by atoms with E-state index in [2.05, 4.69) is 22.1 Å². The quantitative estimate of drug-likeness (QED) is 0.892. The second-order valence-corrected chi connectivity index (χ2v) is 5.24. The first-order valence-corrected chi connectivity index (χ1v) is 7.64. The lowest BCUT2D eigenvalue weighted by Crippen LogP contribution is -2.37. The molecule has 7 nitrogen and oxygen atoms in total. The first-order chi connectivity index (χ1) is 10.2. The van der Waals surface area contributed by atoms with E-state index in [1.807, 2.05) is 11.8 Å². The monoisotopic (exact) mass is 293 g/mol. The average molecular weight is 293 g/mol. The molecule has 0 aliphatic carbocycles. The lowest BCUT2D eigenvalue weighted by Gasteiger charge is -2.20. The Bertz CT molecular complexity index is 499. The third kappa shape index (κ3) is 3.80. The molecule has 1 fully saturated rings. The van der Waals surface area contributed by atoms with Crippen LogP contribution in [0.25, 0.3) is 0 Å². The largest absolute Gasteiger partial charge is 0.341 e. The second-order valence-electron chi connectivity index (χ2n) is 5.24. The Morgan fingerprint density at radius 2 is 1.86 bits per heavy atom. The van der Waals surface area contributed by atoms with E-state index < -0.39 is 0 Å². The molecule has 1 aliphatic heterocycles. The van der Waals surface area contributed by atoms with E-state index in [0.29, 0.717) is 32.6 Å². The fourth-order valence-corrected chi connectivity index (χ4v) is 2.47. The van der Waals surface area contributed by atoms with Crippen LogP contribution in [0.4, 0.5) is 0 Å². The molecule has 1 aliphatic rings. The SMILES string of the molecule is CCCc1nc(C(=O)N2CCCN(C(=O)CC)CC2)n[nH]1. The highest BCUT2D eigenvalue weighted by molar-refractivity contribution is 5.90. The van der Waals surface area contributed by atoms with Crippen molar-refractivity contribution in [1.82, 2.24) is 25.0 Å². The molecule has 0 saturated carbocycles. The predicted octanol–water partition coefficient (Wildman–Crippen LogP) is 0.842. The minimum atomic E-state index is -0.153. The maximum atomic E-state index is 12.4. The average Bonchev–Trinajstić information content (AvgIpc) is 2.82. The van der Waals surface area contributed by atoms with Crippen molar-refractivity contribution in [3.8, 4) is 0 Å². The zero-order chi connectivity index (χ0) is 15.2. The summed E-state index contributed by atoms with van der Waals surface area (Å²) in [6.45, 7) is 6.40. The summed E-state index contributed by atoms with van der Waals surface area (Å²) in [5.41, 5.74) is 0. The molecule has 0 unspecified atom stereocenters. The maximum absolute atomic E-state index is 12.4. The third-order valence-electron chi connectivity index (χ3n) is 3.65. The summed E-state index contributed by atoms with van der Waals surface area (Å²) in [5, 5.41) is 6.81. The summed E-state index contributed by atoms with van der Waals surface area (Å²) in [4.78, 5) is 31.9. The van der Waals surface area contributed by atoms with E-state index in [0.717, 1.165) is 25.1 Å². The molecule has 0 radical (unpaired) electrons. The van der Waals surface area contributed by atoms with Crippen LogP contribution in [0.3, 0.4) is 0 Å². The van der Waals surface area contributed by atoms with Gasteiger partial charge in [-0.1, -0.05) is 13.8 Å². The molecule has 2 heterocycles. The van der Waals surface area contributed by atoms with Gasteiger partial charge in [0.1, 0.15) is 5.82 Å². The Morgan fingerprint density at radius 1 is 1.14 bits per heavy atom. The molecule has 1 aromatic heterocycles. The van der Waals surface area contributed by atoms with Crippen LogP contribution in [0.1, 0.15) is 49.6 Å². The summed E-state index contributed by atoms with van der Waals surface area (Å²) >= 11 is 0. The van der Waals surface area contributed by atoms with Crippen molar-refractivity contribution in [1.29, 1.82) is 0 Å². The zero-order valence-corrected chi connectivity index (χ0v) is 12.8. The molecule has 0 bridgehead atoms. The highest BCUT2D eigenvalue weighted by Gasteiger charge is 2.24. The normalized spacial score (nSPS) is 15.9. The standard InChI is InChI=1S/C14H23N5O2/c1-3-6-11-15-13(17-16-11)14(21)19-8-5-7-18(9-10-19)12(20)4-2/h3-10H2,1-2H3,(H,15,16,17).